The van der Waals surface area contributed by atoms with E-state index >= 15 is 0 Å². The highest BCUT2D eigenvalue weighted by Gasteiger charge is 2.18. The van der Waals surface area contributed by atoms with Crippen LogP contribution >= 0.6 is 0 Å². The van der Waals surface area contributed by atoms with Gasteiger partial charge in [-0.25, -0.2) is 0 Å². The fraction of sp³-hybridized carbons (Fsp3) is 0.786. The molecule has 1 amide bonds. The van der Waals surface area contributed by atoms with Crippen LogP contribution in [-0.2, 0) is 9.53 Å². The molecule has 0 aliphatic carbocycles. The molecule has 0 atom stereocenters. The minimum Gasteiger partial charge on any atom is -0.379 e. The molecule has 4 heteroatoms. The highest BCUT2D eigenvalue weighted by molar-refractivity contribution is 5.87. The molecule has 0 bridgehead atoms. The quantitative estimate of drug-likeness (QED) is 0.706. The molecular formula is C14H24N2O2. The number of likely N-dealkylation sites (tertiary alicyclic amines) is 1. The van der Waals surface area contributed by atoms with Crippen LogP contribution < -0.4 is 0 Å². The van der Waals surface area contributed by atoms with Gasteiger partial charge in [-0.05, 0) is 18.8 Å². The molecule has 0 aromatic rings. The number of nitrogens with zero attached hydrogens (tertiary/aromatic N) is 2. The Kier molecular flexibility index (Phi) is 5.20. The van der Waals surface area contributed by atoms with Crippen LogP contribution in [0.4, 0.5) is 0 Å². The normalized spacial score (nSPS) is 23.7. The third kappa shape index (κ3) is 4.10. The van der Waals surface area contributed by atoms with Crippen molar-refractivity contribution in [2.75, 3.05) is 45.9 Å². The standard InChI is InChI=1S/C14H24N2O2/c1-13-4-7-16(8-5-13)14(17)3-2-6-15-9-11-18-12-10-15/h2-3,13H,4-12H2,1H3/b3-2+. The number of piperidine rings is 1. The maximum atomic E-state index is 11.9. The van der Waals surface area contributed by atoms with Gasteiger partial charge in [0.25, 0.3) is 0 Å². The molecule has 2 aliphatic heterocycles. The molecule has 0 aromatic carbocycles. The lowest BCUT2D eigenvalue weighted by atomic mass is 9.99. The van der Waals surface area contributed by atoms with Crippen LogP contribution in [0.15, 0.2) is 12.2 Å². The van der Waals surface area contributed by atoms with E-state index in [1.54, 1.807) is 6.08 Å². The van der Waals surface area contributed by atoms with Crippen molar-refractivity contribution >= 4 is 5.91 Å². The van der Waals surface area contributed by atoms with Crippen molar-refractivity contribution in [3.05, 3.63) is 12.2 Å². The molecule has 0 radical (unpaired) electrons. The second-order valence-electron chi connectivity index (χ2n) is 5.32. The van der Waals surface area contributed by atoms with E-state index in [0.29, 0.717) is 0 Å². The van der Waals surface area contributed by atoms with Crippen molar-refractivity contribution in [3.8, 4) is 0 Å². The molecule has 0 saturated carbocycles. The smallest absolute Gasteiger partial charge is 0.246 e. The number of morpholine rings is 1. The van der Waals surface area contributed by atoms with E-state index < -0.39 is 0 Å². The number of hydrogen-bond donors (Lipinski definition) is 0. The van der Waals surface area contributed by atoms with E-state index in [0.717, 1.165) is 64.7 Å². The predicted molar refractivity (Wildman–Crippen MR) is 71.4 cm³/mol. The van der Waals surface area contributed by atoms with Gasteiger partial charge in [-0.2, -0.15) is 0 Å². The Morgan fingerprint density at radius 3 is 2.56 bits per heavy atom. The second kappa shape index (κ2) is 6.90. The Balaban J connectivity index is 1.69. The maximum absolute atomic E-state index is 11.9. The minimum atomic E-state index is 0.176. The fourth-order valence-corrected chi connectivity index (χ4v) is 2.42. The summed E-state index contributed by atoms with van der Waals surface area (Å²) in [6.07, 6.45) is 6.02. The molecule has 0 unspecified atom stereocenters. The van der Waals surface area contributed by atoms with Crippen LogP contribution in [0.2, 0.25) is 0 Å². The summed E-state index contributed by atoms with van der Waals surface area (Å²) < 4.78 is 5.29. The minimum absolute atomic E-state index is 0.176. The van der Waals surface area contributed by atoms with E-state index in [2.05, 4.69) is 11.8 Å². The summed E-state index contributed by atoms with van der Waals surface area (Å²) in [5, 5.41) is 0. The first-order valence-corrected chi connectivity index (χ1v) is 7.01. The Morgan fingerprint density at radius 1 is 1.22 bits per heavy atom. The fourth-order valence-electron chi connectivity index (χ4n) is 2.42. The first-order valence-electron chi connectivity index (χ1n) is 7.01. The van der Waals surface area contributed by atoms with E-state index in [4.69, 9.17) is 4.74 Å². The third-order valence-corrected chi connectivity index (χ3v) is 3.82. The molecule has 2 saturated heterocycles. The highest BCUT2D eigenvalue weighted by atomic mass is 16.5. The zero-order valence-electron chi connectivity index (χ0n) is 11.3. The third-order valence-electron chi connectivity index (χ3n) is 3.82. The van der Waals surface area contributed by atoms with Crippen molar-refractivity contribution in [3.63, 3.8) is 0 Å². The van der Waals surface area contributed by atoms with Gasteiger partial charge in [0.05, 0.1) is 13.2 Å². The molecule has 18 heavy (non-hydrogen) atoms. The molecule has 0 N–H and O–H groups in total. The summed E-state index contributed by atoms with van der Waals surface area (Å²) in [6.45, 7) is 8.52. The van der Waals surface area contributed by atoms with Gasteiger partial charge in [0.15, 0.2) is 0 Å². The molecule has 4 nitrogen and oxygen atoms in total. The maximum Gasteiger partial charge on any atom is 0.246 e. The van der Waals surface area contributed by atoms with Crippen LogP contribution in [0, 0.1) is 5.92 Å². The molecule has 102 valence electrons. The summed E-state index contributed by atoms with van der Waals surface area (Å²) in [7, 11) is 0. The first kappa shape index (κ1) is 13.6. The van der Waals surface area contributed by atoms with Crippen molar-refractivity contribution in [2.45, 2.75) is 19.8 Å². The molecular weight excluding hydrogens is 228 g/mol. The number of ether oxygens (including phenoxy) is 1. The summed E-state index contributed by atoms with van der Waals surface area (Å²) in [4.78, 5) is 16.2. The number of amides is 1. The first-order chi connectivity index (χ1) is 8.75. The molecule has 2 rings (SSSR count). The van der Waals surface area contributed by atoms with Gasteiger partial charge >= 0.3 is 0 Å². The largest absolute Gasteiger partial charge is 0.379 e. The summed E-state index contributed by atoms with van der Waals surface area (Å²) in [5.74, 6) is 0.946. The molecule has 2 fully saturated rings. The Morgan fingerprint density at radius 2 is 1.89 bits per heavy atom. The van der Waals surface area contributed by atoms with Gasteiger partial charge in [0.1, 0.15) is 0 Å². The van der Waals surface area contributed by atoms with Crippen molar-refractivity contribution in [2.24, 2.45) is 5.92 Å². The number of carbonyl (C=O) groups excluding carboxylic acids is 1. The summed E-state index contributed by atoms with van der Waals surface area (Å²) in [6, 6.07) is 0. The second-order valence-corrected chi connectivity index (χ2v) is 5.32. The number of hydrogen-bond acceptors (Lipinski definition) is 3. The van der Waals surface area contributed by atoms with E-state index in [1.807, 2.05) is 11.0 Å². The highest BCUT2D eigenvalue weighted by Crippen LogP contribution is 2.16. The van der Waals surface area contributed by atoms with Crippen LogP contribution in [-0.4, -0.2) is 61.6 Å². The molecule has 2 heterocycles. The average Bonchev–Trinajstić information content (AvgIpc) is 2.40. The lowest BCUT2D eigenvalue weighted by Gasteiger charge is -2.29. The molecule has 0 spiro atoms. The lowest BCUT2D eigenvalue weighted by Crippen LogP contribution is -2.38. The SMILES string of the molecule is CC1CCN(C(=O)/C=C/CN2CCOCC2)CC1. The van der Waals surface area contributed by atoms with Crippen molar-refractivity contribution in [1.82, 2.24) is 9.80 Å². The zero-order valence-corrected chi connectivity index (χ0v) is 11.3. The van der Waals surface area contributed by atoms with Crippen LogP contribution in [0.25, 0.3) is 0 Å². The van der Waals surface area contributed by atoms with Crippen molar-refractivity contribution < 1.29 is 9.53 Å². The Hall–Kier alpha value is -0.870. The van der Waals surface area contributed by atoms with Gasteiger partial charge in [0, 0.05) is 38.8 Å². The average molecular weight is 252 g/mol. The Bertz CT molecular complexity index is 290. The Labute approximate surface area is 110 Å². The van der Waals surface area contributed by atoms with Crippen LogP contribution in [0.3, 0.4) is 0 Å². The lowest BCUT2D eigenvalue weighted by molar-refractivity contribution is -0.127. The number of carbonyl (C=O) groups is 1. The summed E-state index contributed by atoms with van der Waals surface area (Å²) in [5.41, 5.74) is 0. The zero-order chi connectivity index (χ0) is 12.8. The predicted octanol–water partition coefficient (Wildman–Crippen LogP) is 1.13. The number of rotatable bonds is 3. The van der Waals surface area contributed by atoms with E-state index in [9.17, 15) is 4.79 Å². The monoisotopic (exact) mass is 252 g/mol. The van der Waals surface area contributed by atoms with E-state index in [-0.39, 0.29) is 5.91 Å². The van der Waals surface area contributed by atoms with Crippen molar-refractivity contribution in [1.29, 1.82) is 0 Å². The van der Waals surface area contributed by atoms with E-state index in [1.165, 1.54) is 0 Å². The molecule has 2 aliphatic rings. The topological polar surface area (TPSA) is 32.8 Å². The van der Waals surface area contributed by atoms with Gasteiger partial charge in [-0.15, -0.1) is 0 Å². The summed E-state index contributed by atoms with van der Waals surface area (Å²) >= 11 is 0. The van der Waals surface area contributed by atoms with Crippen LogP contribution in [0.5, 0.6) is 0 Å². The van der Waals surface area contributed by atoms with Crippen LogP contribution in [0.1, 0.15) is 19.8 Å². The van der Waals surface area contributed by atoms with Gasteiger partial charge in [0.2, 0.25) is 5.91 Å². The van der Waals surface area contributed by atoms with Gasteiger partial charge < -0.3 is 9.64 Å². The van der Waals surface area contributed by atoms with Gasteiger partial charge in [-0.3, -0.25) is 9.69 Å². The molecule has 0 aromatic heterocycles. The van der Waals surface area contributed by atoms with Gasteiger partial charge in [-0.1, -0.05) is 13.0 Å².